The average Bonchev–Trinajstić information content (AvgIpc) is 3.25. The molecule has 0 aliphatic carbocycles. The summed E-state index contributed by atoms with van der Waals surface area (Å²) in [4.78, 5) is 18.5. The van der Waals surface area contributed by atoms with E-state index in [4.69, 9.17) is 4.74 Å². The van der Waals surface area contributed by atoms with Crippen molar-refractivity contribution in [2.75, 3.05) is 0 Å². The van der Waals surface area contributed by atoms with Gasteiger partial charge in [0.25, 0.3) is 5.56 Å². The van der Waals surface area contributed by atoms with E-state index in [9.17, 15) is 4.79 Å². The topological polar surface area (TPSA) is 43.6 Å². The summed E-state index contributed by atoms with van der Waals surface area (Å²) in [5, 5.41) is 0. The number of imidazole rings is 1. The standard InChI is InChI=1S/C25H18Br2N2O2S/c1-14-9-20-21(10-15(14)2)29-24(30)23(32-25(29)28-20)12-17-5-8-22(19(27)11-17)31-13-16-3-6-18(26)7-4-16/h3-12H,13H2,1-2H3/b23-12-. The Balaban J connectivity index is 1.46. The van der Waals surface area contributed by atoms with Crippen LogP contribution in [0.5, 0.6) is 5.75 Å². The van der Waals surface area contributed by atoms with Crippen LogP contribution in [0.25, 0.3) is 22.1 Å². The second-order valence-electron chi connectivity index (χ2n) is 7.68. The lowest BCUT2D eigenvalue weighted by Crippen LogP contribution is -2.22. The molecular formula is C25H18Br2N2O2S. The smallest absolute Gasteiger partial charge is 0.274 e. The number of rotatable bonds is 4. The number of hydrogen-bond acceptors (Lipinski definition) is 4. The van der Waals surface area contributed by atoms with Gasteiger partial charge in [0.15, 0.2) is 4.96 Å². The molecule has 0 saturated heterocycles. The van der Waals surface area contributed by atoms with Crippen molar-refractivity contribution in [3.05, 3.63) is 101 Å². The van der Waals surface area contributed by atoms with Crippen LogP contribution in [-0.4, -0.2) is 9.38 Å². The second kappa shape index (κ2) is 8.46. The predicted octanol–water partition coefficient (Wildman–Crippen LogP) is 6.18. The summed E-state index contributed by atoms with van der Waals surface area (Å²) < 4.78 is 10.2. The Labute approximate surface area is 205 Å². The Kier molecular flexibility index (Phi) is 5.65. The molecule has 0 bridgehead atoms. The molecule has 0 aliphatic heterocycles. The van der Waals surface area contributed by atoms with Crippen molar-refractivity contribution in [1.29, 1.82) is 0 Å². The van der Waals surface area contributed by atoms with Gasteiger partial charge in [-0.15, -0.1) is 0 Å². The van der Waals surface area contributed by atoms with Crippen LogP contribution < -0.4 is 14.8 Å². The molecule has 0 radical (unpaired) electrons. The number of nitrogens with zero attached hydrogens (tertiary/aromatic N) is 2. The monoisotopic (exact) mass is 568 g/mol. The minimum Gasteiger partial charge on any atom is -0.488 e. The van der Waals surface area contributed by atoms with Gasteiger partial charge in [0.2, 0.25) is 0 Å². The normalized spacial score (nSPS) is 12.2. The summed E-state index contributed by atoms with van der Waals surface area (Å²) in [5.74, 6) is 0.755. The first kappa shape index (κ1) is 21.4. The van der Waals surface area contributed by atoms with Gasteiger partial charge in [0.1, 0.15) is 12.4 Å². The predicted molar refractivity (Wildman–Crippen MR) is 138 cm³/mol. The van der Waals surface area contributed by atoms with E-state index in [1.54, 1.807) is 4.40 Å². The maximum atomic E-state index is 13.1. The molecule has 7 heteroatoms. The number of thiazole rings is 1. The Hall–Kier alpha value is -2.48. The summed E-state index contributed by atoms with van der Waals surface area (Å²) in [6, 6.07) is 17.9. The summed E-state index contributed by atoms with van der Waals surface area (Å²) >= 11 is 8.44. The molecule has 0 atom stereocenters. The molecule has 2 aromatic heterocycles. The summed E-state index contributed by atoms with van der Waals surface area (Å²) in [7, 11) is 0. The SMILES string of the molecule is Cc1cc2nc3s/c(=C\c4ccc(OCc5ccc(Br)cc5)c(Br)c4)c(=O)n3c2cc1C. The zero-order valence-electron chi connectivity index (χ0n) is 17.4. The highest BCUT2D eigenvalue weighted by Gasteiger charge is 2.12. The molecule has 0 amide bonds. The minimum atomic E-state index is -0.0394. The van der Waals surface area contributed by atoms with Crippen molar-refractivity contribution < 1.29 is 4.74 Å². The fraction of sp³-hybridized carbons (Fsp3) is 0.120. The summed E-state index contributed by atoms with van der Waals surface area (Å²) in [6.07, 6.45) is 1.90. The van der Waals surface area contributed by atoms with Crippen molar-refractivity contribution in [2.24, 2.45) is 0 Å². The highest BCUT2D eigenvalue weighted by atomic mass is 79.9. The Morgan fingerprint density at radius 3 is 2.53 bits per heavy atom. The first-order valence-corrected chi connectivity index (χ1v) is 12.4. The quantitative estimate of drug-likeness (QED) is 0.260. The lowest BCUT2D eigenvalue weighted by molar-refractivity contribution is 0.304. The van der Waals surface area contributed by atoms with E-state index in [-0.39, 0.29) is 5.56 Å². The third-order valence-corrected chi connectivity index (χ3v) is 7.53. The third-order valence-electron chi connectivity index (χ3n) is 5.42. The van der Waals surface area contributed by atoms with Crippen LogP contribution in [0.15, 0.2) is 68.3 Å². The molecule has 0 N–H and O–H groups in total. The zero-order valence-corrected chi connectivity index (χ0v) is 21.3. The van der Waals surface area contributed by atoms with E-state index in [1.807, 2.05) is 60.7 Å². The number of aromatic nitrogens is 2. The number of benzene rings is 3. The Morgan fingerprint density at radius 2 is 1.78 bits per heavy atom. The maximum absolute atomic E-state index is 13.1. The molecule has 5 rings (SSSR count). The van der Waals surface area contributed by atoms with Crippen molar-refractivity contribution >= 4 is 65.3 Å². The molecule has 5 aromatic rings. The van der Waals surface area contributed by atoms with E-state index >= 15 is 0 Å². The van der Waals surface area contributed by atoms with E-state index in [0.29, 0.717) is 11.1 Å². The first-order chi connectivity index (χ1) is 15.4. The van der Waals surface area contributed by atoms with Crippen molar-refractivity contribution in [3.63, 3.8) is 0 Å². The van der Waals surface area contributed by atoms with Crippen LogP contribution in [0.2, 0.25) is 0 Å². The molecule has 160 valence electrons. The molecule has 0 spiro atoms. The minimum absolute atomic E-state index is 0.0394. The number of ether oxygens (including phenoxy) is 1. The van der Waals surface area contributed by atoms with Crippen molar-refractivity contribution in [3.8, 4) is 5.75 Å². The number of fused-ring (bicyclic) bond motifs is 3. The van der Waals surface area contributed by atoms with Crippen LogP contribution in [0.1, 0.15) is 22.3 Å². The van der Waals surface area contributed by atoms with Gasteiger partial charge < -0.3 is 4.74 Å². The highest BCUT2D eigenvalue weighted by molar-refractivity contribution is 9.10. The van der Waals surface area contributed by atoms with Gasteiger partial charge in [-0.05, 0) is 94.5 Å². The highest BCUT2D eigenvalue weighted by Crippen LogP contribution is 2.27. The van der Waals surface area contributed by atoms with Gasteiger partial charge in [0, 0.05) is 4.47 Å². The van der Waals surface area contributed by atoms with Gasteiger partial charge in [-0.1, -0.05) is 45.5 Å². The van der Waals surface area contributed by atoms with E-state index in [2.05, 4.69) is 50.7 Å². The van der Waals surface area contributed by atoms with Crippen LogP contribution in [0.3, 0.4) is 0 Å². The molecule has 32 heavy (non-hydrogen) atoms. The number of aryl methyl sites for hydroxylation is 2. The fourth-order valence-corrected chi connectivity index (χ4v) is 5.30. The molecule has 2 heterocycles. The van der Waals surface area contributed by atoms with Crippen LogP contribution in [-0.2, 0) is 6.61 Å². The molecule has 3 aromatic carbocycles. The zero-order chi connectivity index (χ0) is 22.4. The van der Waals surface area contributed by atoms with E-state index < -0.39 is 0 Å². The van der Waals surface area contributed by atoms with E-state index in [1.165, 1.54) is 16.9 Å². The van der Waals surface area contributed by atoms with Crippen LogP contribution in [0, 0.1) is 13.8 Å². The number of hydrogen-bond donors (Lipinski definition) is 0. The van der Waals surface area contributed by atoms with Gasteiger partial charge >= 0.3 is 0 Å². The third kappa shape index (κ3) is 4.00. The molecule has 0 fully saturated rings. The lowest BCUT2D eigenvalue weighted by atomic mass is 10.1. The van der Waals surface area contributed by atoms with E-state index in [0.717, 1.165) is 47.4 Å². The molecule has 0 saturated carbocycles. The number of halogens is 2. The molecule has 0 unspecified atom stereocenters. The fourth-order valence-electron chi connectivity index (χ4n) is 3.54. The van der Waals surface area contributed by atoms with Crippen molar-refractivity contribution in [2.45, 2.75) is 20.5 Å². The Morgan fingerprint density at radius 1 is 1.03 bits per heavy atom. The molecule has 4 nitrogen and oxygen atoms in total. The maximum Gasteiger partial charge on any atom is 0.274 e. The van der Waals surface area contributed by atoms with Crippen LogP contribution >= 0.6 is 43.2 Å². The molecular weight excluding hydrogens is 552 g/mol. The Bertz CT molecular complexity index is 1590. The molecule has 0 aliphatic rings. The second-order valence-corrected chi connectivity index (χ2v) is 10.5. The van der Waals surface area contributed by atoms with Crippen LogP contribution in [0.4, 0.5) is 0 Å². The lowest BCUT2D eigenvalue weighted by Gasteiger charge is -2.09. The summed E-state index contributed by atoms with van der Waals surface area (Å²) in [6.45, 7) is 4.59. The summed E-state index contributed by atoms with van der Waals surface area (Å²) in [5.41, 5.74) is 6.02. The van der Waals surface area contributed by atoms with Crippen molar-refractivity contribution in [1.82, 2.24) is 9.38 Å². The average molecular weight is 570 g/mol. The van der Waals surface area contributed by atoms with Gasteiger partial charge in [0.05, 0.1) is 20.0 Å². The van der Waals surface area contributed by atoms with Gasteiger partial charge in [-0.3, -0.25) is 4.79 Å². The largest absolute Gasteiger partial charge is 0.488 e. The van der Waals surface area contributed by atoms with Gasteiger partial charge in [-0.25, -0.2) is 9.38 Å². The van der Waals surface area contributed by atoms with Gasteiger partial charge in [-0.2, -0.15) is 0 Å². The first-order valence-electron chi connectivity index (χ1n) is 10.00.